The van der Waals surface area contributed by atoms with Crippen LogP contribution in [-0.2, 0) is 6.54 Å². The lowest BCUT2D eigenvalue weighted by Gasteiger charge is -2.10. The van der Waals surface area contributed by atoms with Crippen molar-refractivity contribution in [2.24, 2.45) is 5.10 Å². The molecule has 0 radical (unpaired) electrons. The van der Waals surface area contributed by atoms with Crippen molar-refractivity contribution in [2.75, 3.05) is 10.7 Å². The van der Waals surface area contributed by atoms with E-state index in [1.165, 1.54) is 6.07 Å². The normalized spacial score (nSPS) is 10.0. The van der Waals surface area contributed by atoms with Gasteiger partial charge in [-0.3, -0.25) is 10.4 Å². The minimum absolute atomic E-state index is 0.280. The number of rotatable bonds is 5. The molecule has 0 fully saturated rings. The van der Waals surface area contributed by atoms with E-state index in [0.717, 1.165) is 16.9 Å². The van der Waals surface area contributed by atoms with Crippen LogP contribution in [0.1, 0.15) is 11.3 Å². The summed E-state index contributed by atoms with van der Waals surface area (Å²) in [6.45, 7) is 5.69. The molecule has 19 heavy (non-hydrogen) atoms. The van der Waals surface area contributed by atoms with Gasteiger partial charge in [0.2, 0.25) is 0 Å². The van der Waals surface area contributed by atoms with Gasteiger partial charge in [-0.1, -0.05) is 6.07 Å². The van der Waals surface area contributed by atoms with Gasteiger partial charge in [-0.25, -0.2) is 4.39 Å². The number of halogens is 1. The third-order valence-electron chi connectivity index (χ3n) is 2.66. The Kier molecular flexibility index (Phi) is 4.07. The standard InChI is InChI=1S/C14H15FN4/c1-10-5-6-11(15)13(8-10)18-9-14-12(19-16-2)4-3-7-17-14/h3-8,18-19H,2,9H2,1H3. The van der Waals surface area contributed by atoms with Crippen molar-refractivity contribution in [3.05, 3.63) is 53.6 Å². The van der Waals surface area contributed by atoms with Crippen molar-refractivity contribution in [2.45, 2.75) is 13.5 Å². The topological polar surface area (TPSA) is 49.3 Å². The highest BCUT2D eigenvalue weighted by Crippen LogP contribution is 2.18. The fourth-order valence-corrected chi connectivity index (χ4v) is 1.72. The van der Waals surface area contributed by atoms with E-state index < -0.39 is 0 Å². The molecule has 0 saturated heterocycles. The molecule has 1 aromatic carbocycles. The van der Waals surface area contributed by atoms with Crippen LogP contribution in [0.2, 0.25) is 0 Å². The molecule has 1 heterocycles. The lowest BCUT2D eigenvalue weighted by atomic mass is 10.2. The number of hydrogen-bond donors (Lipinski definition) is 2. The van der Waals surface area contributed by atoms with Gasteiger partial charge in [-0.2, -0.15) is 5.10 Å². The summed E-state index contributed by atoms with van der Waals surface area (Å²) in [6, 6.07) is 8.57. The molecule has 0 atom stereocenters. The SMILES string of the molecule is C=NNc1cccnc1CNc1cc(C)ccc1F. The average Bonchev–Trinajstić information content (AvgIpc) is 2.42. The highest BCUT2D eigenvalue weighted by Gasteiger charge is 2.05. The van der Waals surface area contributed by atoms with E-state index in [9.17, 15) is 4.39 Å². The zero-order chi connectivity index (χ0) is 13.7. The predicted molar refractivity (Wildman–Crippen MR) is 75.9 cm³/mol. The molecule has 2 rings (SSSR count). The maximum atomic E-state index is 13.6. The second kappa shape index (κ2) is 5.95. The number of pyridine rings is 1. The van der Waals surface area contributed by atoms with Gasteiger partial charge < -0.3 is 5.32 Å². The first-order valence-corrected chi connectivity index (χ1v) is 5.86. The third kappa shape index (κ3) is 3.28. The summed E-state index contributed by atoms with van der Waals surface area (Å²) in [5, 5.41) is 6.64. The van der Waals surface area contributed by atoms with E-state index in [-0.39, 0.29) is 5.82 Å². The molecule has 4 nitrogen and oxygen atoms in total. The number of nitrogens with one attached hydrogen (secondary N) is 2. The number of aryl methyl sites for hydroxylation is 1. The number of hydrazone groups is 1. The largest absolute Gasteiger partial charge is 0.377 e. The van der Waals surface area contributed by atoms with E-state index in [1.54, 1.807) is 24.4 Å². The van der Waals surface area contributed by atoms with Gasteiger partial charge in [0.25, 0.3) is 0 Å². The number of nitrogens with zero attached hydrogens (tertiary/aromatic N) is 2. The van der Waals surface area contributed by atoms with Crippen LogP contribution in [0, 0.1) is 12.7 Å². The Balaban J connectivity index is 2.14. The molecule has 98 valence electrons. The fourth-order valence-electron chi connectivity index (χ4n) is 1.72. The summed E-state index contributed by atoms with van der Waals surface area (Å²) in [6.07, 6.45) is 1.68. The van der Waals surface area contributed by atoms with Crippen LogP contribution >= 0.6 is 0 Å². The van der Waals surface area contributed by atoms with Crippen molar-refractivity contribution >= 4 is 18.1 Å². The summed E-state index contributed by atoms with van der Waals surface area (Å²) in [5.74, 6) is -0.280. The van der Waals surface area contributed by atoms with Crippen LogP contribution < -0.4 is 10.7 Å². The number of benzene rings is 1. The maximum Gasteiger partial charge on any atom is 0.146 e. The molecule has 2 aromatic rings. The molecule has 0 aliphatic carbocycles. The molecule has 2 N–H and O–H groups in total. The first kappa shape index (κ1) is 13.0. The van der Waals surface area contributed by atoms with Crippen LogP contribution in [0.4, 0.5) is 15.8 Å². The molecule has 0 saturated carbocycles. The summed E-state index contributed by atoms with van der Waals surface area (Å²) in [4.78, 5) is 4.23. The van der Waals surface area contributed by atoms with Crippen LogP contribution in [0.25, 0.3) is 0 Å². The molecule has 0 spiro atoms. The number of anilines is 2. The highest BCUT2D eigenvalue weighted by atomic mass is 19.1. The van der Waals surface area contributed by atoms with Crippen molar-refractivity contribution < 1.29 is 4.39 Å². The van der Waals surface area contributed by atoms with Crippen molar-refractivity contribution in [3.8, 4) is 0 Å². The molecule has 5 heteroatoms. The zero-order valence-corrected chi connectivity index (χ0v) is 10.7. The lowest BCUT2D eigenvalue weighted by molar-refractivity contribution is 0.629. The maximum absolute atomic E-state index is 13.6. The van der Waals surface area contributed by atoms with Crippen LogP contribution in [0.5, 0.6) is 0 Å². The van der Waals surface area contributed by atoms with Gasteiger partial charge in [0, 0.05) is 12.9 Å². The van der Waals surface area contributed by atoms with E-state index >= 15 is 0 Å². The quantitative estimate of drug-likeness (QED) is 0.639. The second-order valence-electron chi connectivity index (χ2n) is 4.10. The van der Waals surface area contributed by atoms with Gasteiger partial charge >= 0.3 is 0 Å². The Bertz CT molecular complexity index is 583. The van der Waals surface area contributed by atoms with E-state index in [2.05, 4.69) is 27.5 Å². The molecular formula is C14H15FN4. The zero-order valence-electron chi connectivity index (χ0n) is 10.7. The smallest absolute Gasteiger partial charge is 0.146 e. The first-order chi connectivity index (χ1) is 9.20. The Morgan fingerprint density at radius 1 is 1.32 bits per heavy atom. The average molecular weight is 258 g/mol. The Hall–Kier alpha value is -2.43. The fraction of sp³-hybridized carbons (Fsp3) is 0.143. The van der Waals surface area contributed by atoms with E-state index in [0.29, 0.717) is 12.2 Å². The Labute approximate surface area is 111 Å². The van der Waals surface area contributed by atoms with Gasteiger partial charge in [0.15, 0.2) is 0 Å². The van der Waals surface area contributed by atoms with Crippen molar-refractivity contribution in [1.82, 2.24) is 4.98 Å². The summed E-state index contributed by atoms with van der Waals surface area (Å²) >= 11 is 0. The predicted octanol–water partition coefficient (Wildman–Crippen LogP) is 3.17. The highest BCUT2D eigenvalue weighted by molar-refractivity contribution is 5.52. The minimum Gasteiger partial charge on any atom is -0.377 e. The third-order valence-corrected chi connectivity index (χ3v) is 2.66. The van der Waals surface area contributed by atoms with Gasteiger partial charge in [-0.05, 0) is 36.8 Å². The van der Waals surface area contributed by atoms with E-state index in [4.69, 9.17) is 0 Å². The molecule has 1 aromatic heterocycles. The van der Waals surface area contributed by atoms with Gasteiger partial charge in [0.05, 0.1) is 23.6 Å². The molecule has 0 aliphatic heterocycles. The summed E-state index contributed by atoms with van der Waals surface area (Å²) in [7, 11) is 0. The van der Waals surface area contributed by atoms with Crippen LogP contribution in [0.3, 0.4) is 0 Å². The molecule has 0 bridgehead atoms. The monoisotopic (exact) mass is 258 g/mol. The number of hydrogen-bond acceptors (Lipinski definition) is 4. The van der Waals surface area contributed by atoms with Gasteiger partial charge in [-0.15, -0.1) is 0 Å². The Morgan fingerprint density at radius 2 is 2.16 bits per heavy atom. The summed E-state index contributed by atoms with van der Waals surface area (Å²) < 4.78 is 13.6. The summed E-state index contributed by atoms with van der Waals surface area (Å²) in [5.41, 5.74) is 5.71. The van der Waals surface area contributed by atoms with Gasteiger partial charge in [0.1, 0.15) is 5.82 Å². The molecule has 0 unspecified atom stereocenters. The molecular weight excluding hydrogens is 243 g/mol. The van der Waals surface area contributed by atoms with E-state index in [1.807, 2.05) is 13.0 Å². The van der Waals surface area contributed by atoms with Crippen molar-refractivity contribution in [1.29, 1.82) is 0 Å². The van der Waals surface area contributed by atoms with Crippen LogP contribution in [-0.4, -0.2) is 11.7 Å². The first-order valence-electron chi connectivity index (χ1n) is 5.86. The second-order valence-corrected chi connectivity index (χ2v) is 4.10. The van der Waals surface area contributed by atoms with Crippen molar-refractivity contribution in [3.63, 3.8) is 0 Å². The minimum atomic E-state index is -0.280. The van der Waals surface area contributed by atoms with Crippen LogP contribution in [0.15, 0.2) is 41.6 Å². The molecule has 0 aliphatic rings. The Morgan fingerprint density at radius 3 is 2.95 bits per heavy atom. The molecule has 0 amide bonds. The number of aromatic nitrogens is 1. The lowest BCUT2D eigenvalue weighted by Crippen LogP contribution is -2.06.